The molecule has 1 aromatic carbocycles. The molecule has 18 heavy (non-hydrogen) atoms. The van der Waals surface area contributed by atoms with Crippen LogP contribution in [-0.4, -0.2) is 24.1 Å². The van der Waals surface area contributed by atoms with E-state index in [1.807, 2.05) is 19.1 Å². The molecule has 94 valence electrons. The lowest BCUT2D eigenvalue weighted by atomic mass is 10.0. The Kier molecular flexibility index (Phi) is 3.67. The summed E-state index contributed by atoms with van der Waals surface area (Å²) in [5.74, 6) is 1.27. The van der Waals surface area contributed by atoms with E-state index in [0.29, 0.717) is 16.7 Å². The van der Waals surface area contributed by atoms with E-state index in [1.165, 1.54) is 0 Å². The highest BCUT2D eigenvalue weighted by Gasteiger charge is 2.09. The van der Waals surface area contributed by atoms with Crippen molar-refractivity contribution in [2.75, 3.05) is 19.5 Å². The molecule has 1 aromatic heterocycles. The van der Waals surface area contributed by atoms with E-state index in [0.717, 1.165) is 16.7 Å². The molecule has 0 saturated heterocycles. The second-order valence-corrected chi connectivity index (χ2v) is 4.25. The van der Waals surface area contributed by atoms with E-state index in [-0.39, 0.29) is 0 Å². The predicted octanol–water partition coefficient (Wildman–Crippen LogP) is 3.16. The number of ether oxygens (including phenoxy) is 1. The minimum Gasteiger partial charge on any atom is -0.495 e. The summed E-state index contributed by atoms with van der Waals surface area (Å²) >= 11 is 6.13. The minimum atomic E-state index is 0.579. The number of anilines is 1. The molecule has 0 amide bonds. The number of nitrogens with zero attached hydrogens (tertiary/aromatic N) is 2. The molecular formula is C13H14ClN3O. The molecule has 0 aliphatic carbocycles. The van der Waals surface area contributed by atoms with Crippen LogP contribution in [0.3, 0.4) is 0 Å². The summed E-state index contributed by atoms with van der Waals surface area (Å²) in [5.41, 5.74) is 3.00. The van der Waals surface area contributed by atoms with Gasteiger partial charge in [-0.2, -0.15) is 0 Å². The first-order valence-electron chi connectivity index (χ1n) is 5.50. The number of aryl methyl sites for hydroxylation is 1. The molecule has 0 atom stereocenters. The van der Waals surface area contributed by atoms with Gasteiger partial charge in [0.2, 0.25) is 5.95 Å². The van der Waals surface area contributed by atoms with Crippen molar-refractivity contribution >= 4 is 17.5 Å². The molecule has 0 aliphatic heterocycles. The number of benzene rings is 1. The topological polar surface area (TPSA) is 47.0 Å². The normalized spacial score (nSPS) is 10.2. The Bertz CT molecular complexity index is 555. The average Bonchev–Trinajstić information content (AvgIpc) is 2.41. The molecule has 2 aromatic rings. The van der Waals surface area contributed by atoms with Gasteiger partial charge in [-0.25, -0.2) is 9.97 Å². The van der Waals surface area contributed by atoms with Crippen molar-refractivity contribution in [1.29, 1.82) is 0 Å². The molecule has 1 heterocycles. The van der Waals surface area contributed by atoms with Gasteiger partial charge in [0, 0.05) is 25.0 Å². The predicted molar refractivity (Wildman–Crippen MR) is 73.3 cm³/mol. The van der Waals surface area contributed by atoms with Crippen molar-refractivity contribution in [2.45, 2.75) is 6.92 Å². The van der Waals surface area contributed by atoms with Gasteiger partial charge in [-0.1, -0.05) is 11.6 Å². The molecule has 2 rings (SSSR count). The zero-order valence-electron chi connectivity index (χ0n) is 10.5. The number of hydrogen-bond donors (Lipinski definition) is 1. The summed E-state index contributed by atoms with van der Waals surface area (Å²) < 4.78 is 5.18. The summed E-state index contributed by atoms with van der Waals surface area (Å²) in [7, 11) is 3.38. The average molecular weight is 264 g/mol. The molecule has 0 spiro atoms. The van der Waals surface area contributed by atoms with Gasteiger partial charge in [0.05, 0.1) is 12.1 Å². The molecular weight excluding hydrogens is 250 g/mol. The molecule has 0 aliphatic rings. The SMILES string of the molecule is CNc1ncc(-c2cc(Cl)c(OC)cc2C)cn1. The lowest BCUT2D eigenvalue weighted by Gasteiger charge is -2.10. The van der Waals surface area contributed by atoms with Gasteiger partial charge in [-0.15, -0.1) is 0 Å². The zero-order chi connectivity index (χ0) is 13.1. The summed E-state index contributed by atoms with van der Waals surface area (Å²) in [4.78, 5) is 8.38. The maximum Gasteiger partial charge on any atom is 0.222 e. The molecule has 0 fully saturated rings. The first kappa shape index (κ1) is 12.6. The monoisotopic (exact) mass is 263 g/mol. The van der Waals surface area contributed by atoms with Crippen LogP contribution in [0.1, 0.15) is 5.56 Å². The highest BCUT2D eigenvalue weighted by Crippen LogP contribution is 2.32. The number of halogens is 1. The van der Waals surface area contributed by atoms with E-state index in [9.17, 15) is 0 Å². The van der Waals surface area contributed by atoms with E-state index in [2.05, 4.69) is 15.3 Å². The molecule has 5 heteroatoms. The van der Waals surface area contributed by atoms with Crippen molar-refractivity contribution < 1.29 is 4.74 Å². The smallest absolute Gasteiger partial charge is 0.222 e. The Morgan fingerprint density at radius 3 is 2.44 bits per heavy atom. The van der Waals surface area contributed by atoms with Gasteiger partial charge in [-0.05, 0) is 30.2 Å². The largest absolute Gasteiger partial charge is 0.495 e. The Balaban J connectivity index is 2.46. The number of rotatable bonds is 3. The van der Waals surface area contributed by atoms with Crippen molar-refractivity contribution in [3.63, 3.8) is 0 Å². The summed E-state index contributed by atoms with van der Waals surface area (Å²) in [6, 6.07) is 3.77. The molecule has 4 nitrogen and oxygen atoms in total. The van der Waals surface area contributed by atoms with Crippen LogP contribution in [0.2, 0.25) is 5.02 Å². The van der Waals surface area contributed by atoms with Crippen LogP contribution in [-0.2, 0) is 0 Å². The van der Waals surface area contributed by atoms with Crippen LogP contribution >= 0.6 is 11.6 Å². The third kappa shape index (κ3) is 2.38. The Hall–Kier alpha value is -1.81. The van der Waals surface area contributed by atoms with E-state index in [1.54, 1.807) is 26.6 Å². The highest BCUT2D eigenvalue weighted by atomic mass is 35.5. The lowest BCUT2D eigenvalue weighted by molar-refractivity contribution is 0.415. The van der Waals surface area contributed by atoms with Crippen LogP contribution in [0, 0.1) is 6.92 Å². The Labute approximate surface area is 111 Å². The molecule has 0 radical (unpaired) electrons. The second kappa shape index (κ2) is 5.23. The van der Waals surface area contributed by atoms with Crippen LogP contribution in [0.15, 0.2) is 24.5 Å². The zero-order valence-corrected chi connectivity index (χ0v) is 11.2. The molecule has 0 bridgehead atoms. The van der Waals surface area contributed by atoms with Crippen molar-refractivity contribution in [1.82, 2.24) is 9.97 Å². The third-order valence-electron chi connectivity index (χ3n) is 2.69. The number of methoxy groups -OCH3 is 1. The summed E-state index contributed by atoms with van der Waals surface area (Å²) in [6.45, 7) is 2.00. The minimum absolute atomic E-state index is 0.579. The second-order valence-electron chi connectivity index (χ2n) is 3.85. The van der Waals surface area contributed by atoms with Gasteiger partial charge in [-0.3, -0.25) is 0 Å². The van der Waals surface area contributed by atoms with E-state index < -0.39 is 0 Å². The van der Waals surface area contributed by atoms with Crippen molar-refractivity contribution in [3.05, 3.63) is 35.1 Å². The highest BCUT2D eigenvalue weighted by molar-refractivity contribution is 6.32. The van der Waals surface area contributed by atoms with Gasteiger partial charge < -0.3 is 10.1 Å². The molecule has 0 unspecified atom stereocenters. The fourth-order valence-corrected chi connectivity index (χ4v) is 1.96. The van der Waals surface area contributed by atoms with Crippen LogP contribution < -0.4 is 10.1 Å². The number of aromatic nitrogens is 2. The first-order chi connectivity index (χ1) is 8.65. The first-order valence-corrected chi connectivity index (χ1v) is 5.87. The number of nitrogens with one attached hydrogen (secondary N) is 1. The van der Waals surface area contributed by atoms with Gasteiger partial charge in [0.15, 0.2) is 0 Å². The van der Waals surface area contributed by atoms with E-state index in [4.69, 9.17) is 16.3 Å². The molecule has 1 N–H and O–H groups in total. The van der Waals surface area contributed by atoms with Crippen molar-refractivity contribution in [3.8, 4) is 16.9 Å². The Morgan fingerprint density at radius 1 is 1.22 bits per heavy atom. The molecule has 0 saturated carbocycles. The Morgan fingerprint density at radius 2 is 1.89 bits per heavy atom. The van der Waals surface area contributed by atoms with E-state index >= 15 is 0 Å². The fraction of sp³-hybridized carbons (Fsp3) is 0.231. The van der Waals surface area contributed by atoms with Crippen LogP contribution in [0.25, 0.3) is 11.1 Å². The fourth-order valence-electron chi connectivity index (χ4n) is 1.72. The maximum absolute atomic E-state index is 6.13. The standard InChI is InChI=1S/C13H14ClN3O/c1-8-4-12(18-3)11(14)5-10(8)9-6-16-13(15-2)17-7-9/h4-7H,1-3H3,(H,15,16,17). The lowest BCUT2D eigenvalue weighted by Crippen LogP contribution is -1.96. The van der Waals surface area contributed by atoms with Gasteiger partial charge in [0.25, 0.3) is 0 Å². The van der Waals surface area contributed by atoms with Crippen LogP contribution in [0.5, 0.6) is 5.75 Å². The van der Waals surface area contributed by atoms with Gasteiger partial charge >= 0.3 is 0 Å². The van der Waals surface area contributed by atoms with Crippen LogP contribution in [0.4, 0.5) is 5.95 Å². The van der Waals surface area contributed by atoms with Gasteiger partial charge in [0.1, 0.15) is 5.75 Å². The number of hydrogen-bond acceptors (Lipinski definition) is 4. The maximum atomic E-state index is 6.13. The summed E-state index contributed by atoms with van der Waals surface area (Å²) in [5, 5.41) is 3.46. The summed E-state index contributed by atoms with van der Waals surface area (Å²) in [6.07, 6.45) is 3.54. The third-order valence-corrected chi connectivity index (χ3v) is 2.98. The quantitative estimate of drug-likeness (QED) is 0.924. The van der Waals surface area contributed by atoms with Crippen molar-refractivity contribution in [2.24, 2.45) is 0 Å².